The number of halogens is 2. The van der Waals surface area contributed by atoms with Crippen molar-refractivity contribution in [1.29, 1.82) is 0 Å². The Hall–Kier alpha value is -2.54. The van der Waals surface area contributed by atoms with Gasteiger partial charge in [0.1, 0.15) is 24.0 Å². The number of carboxylic acids is 1. The lowest BCUT2D eigenvalue weighted by atomic mass is 10.1. The number of para-hydroxylation sites is 1. The van der Waals surface area contributed by atoms with Crippen molar-refractivity contribution in [2.45, 2.75) is 36.5 Å². The van der Waals surface area contributed by atoms with Crippen molar-refractivity contribution in [2.75, 3.05) is 6.61 Å². The Morgan fingerprint density at radius 1 is 1.39 bits per heavy atom. The number of benzene rings is 1. The van der Waals surface area contributed by atoms with Crippen LogP contribution in [0.1, 0.15) is 13.2 Å². The van der Waals surface area contributed by atoms with Crippen LogP contribution in [-0.2, 0) is 18.6 Å². The minimum absolute atomic E-state index is 0.0775. The van der Waals surface area contributed by atoms with E-state index in [1.807, 2.05) is 4.98 Å². The molecular formula is C18H20ClFN3O9P. The summed E-state index contributed by atoms with van der Waals surface area (Å²) in [4.78, 5) is 36.3. The monoisotopic (exact) mass is 507 g/mol. The number of aliphatic carboxylic acids is 1. The summed E-state index contributed by atoms with van der Waals surface area (Å²) >= 11 is 5.79. The molecule has 2 aromatic rings. The Morgan fingerprint density at radius 2 is 2.06 bits per heavy atom. The van der Waals surface area contributed by atoms with Crippen LogP contribution < -0.4 is 20.9 Å². The highest BCUT2D eigenvalue weighted by Crippen LogP contribution is 2.48. The van der Waals surface area contributed by atoms with Crippen LogP contribution >= 0.6 is 19.3 Å². The van der Waals surface area contributed by atoms with Crippen molar-refractivity contribution < 1.29 is 37.7 Å². The van der Waals surface area contributed by atoms with E-state index in [2.05, 4.69) is 5.09 Å². The molecule has 0 radical (unpaired) electrons. The Kier molecular flexibility index (Phi) is 7.42. The van der Waals surface area contributed by atoms with Crippen LogP contribution in [0.25, 0.3) is 0 Å². The average Bonchev–Trinajstić information content (AvgIpc) is 2.96. The fourth-order valence-corrected chi connectivity index (χ4v) is 4.70. The van der Waals surface area contributed by atoms with E-state index in [9.17, 15) is 24.1 Å². The van der Waals surface area contributed by atoms with Crippen LogP contribution in [0.3, 0.4) is 0 Å². The van der Waals surface area contributed by atoms with Crippen LogP contribution in [-0.4, -0.2) is 55.7 Å². The number of carboxylic acid groups (broad SMARTS) is 1. The van der Waals surface area contributed by atoms with Crippen molar-refractivity contribution in [3.8, 4) is 5.75 Å². The summed E-state index contributed by atoms with van der Waals surface area (Å²) in [7, 11) is -4.38. The van der Waals surface area contributed by atoms with Gasteiger partial charge in [-0.05, 0) is 19.1 Å². The molecule has 33 heavy (non-hydrogen) atoms. The number of aliphatic hydroxyl groups is 1. The molecule has 1 aliphatic rings. The number of carbonyl (C=O) groups is 1. The van der Waals surface area contributed by atoms with Gasteiger partial charge >= 0.3 is 19.4 Å². The highest BCUT2D eigenvalue weighted by atomic mass is 35.5. The second-order valence-corrected chi connectivity index (χ2v) is 9.32. The van der Waals surface area contributed by atoms with Crippen LogP contribution in [0.4, 0.5) is 4.39 Å². The normalized spacial score (nSPS) is 27.6. The van der Waals surface area contributed by atoms with Crippen LogP contribution in [0, 0.1) is 0 Å². The molecule has 180 valence electrons. The molecule has 1 aromatic heterocycles. The number of aromatic nitrogens is 2. The van der Waals surface area contributed by atoms with Gasteiger partial charge in [0.05, 0.1) is 6.61 Å². The number of hydrogen-bond donors (Lipinski definition) is 4. The Bertz CT molecular complexity index is 1160. The molecule has 1 aromatic carbocycles. The van der Waals surface area contributed by atoms with Crippen molar-refractivity contribution in [2.24, 2.45) is 0 Å². The maximum Gasteiger partial charge on any atom is 0.459 e. The molecular weight excluding hydrogens is 488 g/mol. The summed E-state index contributed by atoms with van der Waals surface area (Å²) in [6.07, 6.45) is -4.55. The zero-order chi connectivity index (χ0) is 24.4. The number of nitrogens with one attached hydrogen (secondary N) is 2. The van der Waals surface area contributed by atoms with Gasteiger partial charge in [-0.15, -0.1) is 0 Å². The van der Waals surface area contributed by atoms with E-state index in [-0.39, 0.29) is 5.75 Å². The minimum atomic E-state index is -4.38. The van der Waals surface area contributed by atoms with Crippen molar-refractivity contribution in [3.63, 3.8) is 0 Å². The standard InChI is InChI=1S/C18H20ClFN3O9P/c1-10(15(26)27)22-33(29,32-11-5-3-2-4-6-11)30-9-12-14(25)18(19,20)16(31-12)23-8-7-13(24)21-17(23)28/h2-8,10,12,14,16,25H,9H2,1H3,(H,22,29)(H,26,27)(H,21,24,28)/t10-,12+,14+,16+,18+,33?/m0/s1. The van der Waals surface area contributed by atoms with Crippen LogP contribution in [0.2, 0.25) is 0 Å². The summed E-state index contributed by atoms with van der Waals surface area (Å²) in [5.74, 6) is -1.28. The van der Waals surface area contributed by atoms with E-state index in [4.69, 9.17) is 30.5 Å². The SMILES string of the molecule is C[C@H](NP(=O)(OC[C@H]1O[C@@H](n2ccc(=O)[nH]c2=O)[C@@](F)(Cl)[C@@H]1O)Oc1ccccc1)C(=O)O. The molecule has 1 aliphatic heterocycles. The van der Waals surface area contributed by atoms with Crippen molar-refractivity contribution >= 4 is 25.3 Å². The molecule has 4 N–H and O–H groups in total. The summed E-state index contributed by atoms with van der Waals surface area (Å²) in [5, 5.41) is 18.6. The average molecular weight is 508 g/mol. The maximum atomic E-state index is 15.1. The van der Waals surface area contributed by atoms with Gasteiger partial charge in [0.15, 0.2) is 6.23 Å². The van der Waals surface area contributed by atoms with E-state index in [1.54, 1.807) is 18.2 Å². The highest BCUT2D eigenvalue weighted by molar-refractivity contribution is 7.52. The molecule has 1 unspecified atom stereocenters. The van der Waals surface area contributed by atoms with Crippen LogP contribution in [0.5, 0.6) is 5.75 Å². The molecule has 0 saturated carbocycles. The first kappa shape index (κ1) is 25.1. The lowest BCUT2D eigenvalue weighted by Crippen LogP contribution is -2.42. The van der Waals surface area contributed by atoms with Gasteiger partial charge in [0.2, 0.25) is 0 Å². The predicted molar refractivity (Wildman–Crippen MR) is 112 cm³/mol. The molecule has 2 heterocycles. The number of nitrogens with zero attached hydrogens (tertiary/aromatic N) is 1. The fraction of sp³-hybridized carbons (Fsp3) is 0.389. The Morgan fingerprint density at radius 3 is 2.67 bits per heavy atom. The number of ether oxygens (including phenoxy) is 1. The van der Waals surface area contributed by atoms with E-state index in [0.29, 0.717) is 4.57 Å². The zero-order valence-corrected chi connectivity index (χ0v) is 18.6. The predicted octanol–water partition coefficient (Wildman–Crippen LogP) is 0.966. The van der Waals surface area contributed by atoms with Gasteiger partial charge in [0.25, 0.3) is 10.7 Å². The summed E-state index contributed by atoms with van der Waals surface area (Å²) in [6.45, 7) is 0.426. The molecule has 6 atom stereocenters. The van der Waals surface area contributed by atoms with Crippen LogP contribution in [0.15, 0.2) is 52.2 Å². The summed E-state index contributed by atoms with van der Waals surface area (Å²) < 4.78 is 44.8. The fourth-order valence-electron chi connectivity index (χ4n) is 2.89. The minimum Gasteiger partial charge on any atom is -0.480 e. The zero-order valence-electron chi connectivity index (χ0n) is 17.0. The molecule has 1 saturated heterocycles. The molecule has 0 spiro atoms. The largest absolute Gasteiger partial charge is 0.480 e. The van der Waals surface area contributed by atoms with Gasteiger partial charge < -0.3 is 19.5 Å². The third kappa shape index (κ3) is 5.69. The molecule has 1 fully saturated rings. The summed E-state index contributed by atoms with van der Waals surface area (Å²) in [6, 6.07) is 7.24. The van der Waals surface area contributed by atoms with E-state index < -0.39 is 61.2 Å². The third-order valence-corrected chi connectivity index (χ3v) is 6.64. The number of aromatic amines is 1. The lowest BCUT2D eigenvalue weighted by Gasteiger charge is -2.24. The first-order valence-electron chi connectivity index (χ1n) is 9.45. The second-order valence-electron chi connectivity index (χ2n) is 7.05. The Balaban J connectivity index is 1.80. The summed E-state index contributed by atoms with van der Waals surface area (Å²) in [5.41, 5.74) is -1.79. The molecule has 0 aliphatic carbocycles. The molecule has 0 amide bonds. The first-order valence-corrected chi connectivity index (χ1v) is 11.4. The topological polar surface area (TPSA) is 169 Å². The van der Waals surface area contributed by atoms with Crippen molar-refractivity contribution in [1.82, 2.24) is 14.6 Å². The van der Waals surface area contributed by atoms with Gasteiger partial charge in [-0.2, -0.15) is 5.09 Å². The first-order chi connectivity index (χ1) is 15.4. The van der Waals surface area contributed by atoms with Crippen molar-refractivity contribution in [3.05, 3.63) is 63.4 Å². The number of H-pyrrole nitrogens is 1. The molecule has 12 nitrogen and oxygen atoms in total. The molecule has 15 heteroatoms. The van der Waals surface area contributed by atoms with E-state index in [1.165, 1.54) is 19.1 Å². The van der Waals surface area contributed by atoms with Gasteiger partial charge in [0, 0.05) is 12.3 Å². The van der Waals surface area contributed by atoms with Gasteiger partial charge in [-0.25, -0.2) is 13.8 Å². The number of alkyl halides is 2. The smallest absolute Gasteiger partial charge is 0.459 e. The molecule has 3 rings (SSSR count). The van der Waals surface area contributed by atoms with E-state index >= 15 is 4.39 Å². The number of rotatable bonds is 9. The number of aliphatic hydroxyl groups excluding tert-OH is 1. The van der Waals surface area contributed by atoms with E-state index in [0.717, 1.165) is 12.3 Å². The third-order valence-electron chi connectivity index (χ3n) is 4.58. The maximum absolute atomic E-state index is 15.1. The Labute approximate surface area is 190 Å². The number of hydrogen-bond acceptors (Lipinski definition) is 8. The highest BCUT2D eigenvalue weighted by Gasteiger charge is 2.58. The van der Waals surface area contributed by atoms with Gasteiger partial charge in [-0.1, -0.05) is 29.8 Å². The second kappa shape index (κ2) is 9.75. The molecule has 0 bridgehead atoms. The van der Waals surface area contributed by atoms with Gasteiger partial charge in [-0.3, -0.25) is 23.7 Å². The quantitative estimate of drug-likeness (QED) is 0.283. The lowest BCUT2D eigenvalue weighted by molar-refractivity contribution is -0.138.